The average Bonchev–Trinajstić information content (AvgIpc) is 2.01. The molecule has 0 aliphatic carbocycles. The highest BCUT2D eigenvalue weighted by atomic mass is 32.2. The molecule has 2 atom stereocenters. The van der Waals surface area contributed by atoms with Crippen LogP contribution in [0.25, 0.3) is 0 Å². The monoisotopic (exact) mass is 237 g/mol. The maximum atomic E-state index is 10.3. The van der Waals surface area contributed by atoms with E-state index < -0.39 is 22.5 Å². The molecule has 0 saturated carbocycles. The summed E-state index contributed by atoms with van der Waals surface area (Å²) in [6.45, 7) is 0. The lowest BCUT2D eigenvalue weighted by Gasteiger charge is -2.03. The minimum Gasteiger partial charge on any atom is -0.289 e. The van der Waals surface area contributed by atoms with Crippen molar-refractivity contribution >= 4 is 34.2 Å². The molecule has 1 rings (SSSR count). The predicted molar refractivity (Wildman–Crippen MR) is 53.0 cm³/mol. The molecule has 0 bridgehead atoms. The molecule has 7 nitrogen and oxygen atoms in total. The van der Waals surface area contributed by atoms with Crippen LogP contribution in [0, 0.1) is 0 Å². The van der Waals surface area contributed by atoms with Gasteiger partial charge >= 0.3 is 0 Å². The summed E-state index contributed by atoms with van der Waals surface area (Å²) in [5, 5.41) is 0. The van der Waals surface area contributed by atoms with Crippen LogP contribution >= 0.6 is 0 Å². The second kappa shape index (κ2) is 5.00. The zero-order valence-corrected chi connectivity index (χ0v) is 8.34. The maximum Gasteiger partial charge on any atom is 0.260 e. The second-order valence-corrected chi connectivity index (χ2v) is 3.52. The topological polar surface area (TPSA) is 112 Å². The van der Waals surface area contributed by atoms with Crippen molar-refractivity contribution < 1.29 is 17.5 Å². The molecule has 9 heteroatoms. The fourth-order valence-electron chi connectivity index (χ4n) is 0.727. The van der Waals surface area contributed by atoms with Crippen LogP contribution < -0.4 is 9.44 Å². The number of hydrogen-bond acceptors (Lipinski definition) is 3. The van der Waals surface area contributed by atoms with Crippen LogP contribution in [0.1, 0.15) is 0 Å². The average molecular weight is 237 g/mol. The van der Waals surface area contributed by atoms with E-state index in [4.69, 9.17) is 9.11 Å². The van der Waals surface area contributed by atoms with Gasteiger partial charge < -0.3 is 0 Å². The second-order valence-electron chi connectivity index (χ2n) is 2.11. The third-order valence-electron chi connectivity index (χ3n) is 1.13. The minimum absolute atomic E-state index is 0.126. The van der Waals surface area contributed by atoms with Gasteiger partial charge in [0.05, 0.1) is 0 Å². The molecule has 0 saturated heterocycles. The highest BCUT2D eigenvalue weighted by molar-refractivity contribution is 7.80. The number of pyridine rings is 1. The van der Waals surface area contributed by atoms with Crippen LogP contribution in [-0.4, -0.2) is 22.5 Å². The fraction of sp³-hybridized carbons (Fsp3) is 0. The Morgan fingerprint density at radius 1 is 1.07 bits per heavy atom. The van der Waals surface area contributed by atoms with Crippen molar-refractivity contribution in [2.45, 2.75) is 0 Å². The highest BCUT2D eigenvalue weighted by Crippen LogP contribution is 2.09. The Balaban J connectivity index is 2.78. The smallest absolute Gasteiger partial charge is 0.260 e. The molecular formula is C5H7N3O4S2. The first-order valence-corrected chi connectivity index (χ1v) is 5.51. The summed E-state index contributed by atoms with van der Waals surface area (Å²) < 4.78 is 41.8. The lowest BCUT2D eigenvalue weighted by molar-refractivity contribution is 0.569. The molecule has 78 valence electrons. The van der Waals surface area contributed by atoms with Gasteiger partial charge in [0.15, 0.2) is 0 Å². The van der Waals surface area contributed by atoms with E-state index >= 15 is 0 Å². The molecule has 0 radical (unpaired) electrons. The number of nitrogens with zero attached hydrogens (tertiary/aromatic N) is 1. The van der Waals surface area contributed by atoms with E-state index in [-0.39, 0.29) is 11.6 Å². The zero-order valence-electron chi connectivity index (χ0n) is 6.71. The number of nitrogens with one attached hydrogen (secondary N) is 2. The molecule has 1 aromatic heterocycles. The minimum atomic E-state index is -2.22. The standard InChI is InChI=1S/C5H7N3O4S2/c9-13(10)7-4-2-1-3-5(6-4)8-14(11)12/h1-3H,(H,9,10)(H,11,12)(H2,6,7,8). The van der Waals surface area contributed by atoms with E-state index in [2.05, 4.69) is 14.4 Å². The Morgan fingerprint density at radius 2 is 1.50 bits per heavy atom. The number of hydrogen-bond donors (Lipinski definition) is 4. The zero-order chi connectivity index (χ0) is 10.6. The third kappa shape index (κ3) is 3.79. The lowest BCUT2D eigenvalue weighted by atomic mass is 10.4. The van der Waals surface area contributed by atoms with E-state index in [0.29, 0.717) is 0 Å². The predicted octanol–water partition coefficient (Wildman–Crippen LogP) is 0.179. The van der Waals surface area contributed by atoms with Gasteiger partial charge in [0.1, 0.15) is 11.6 Å². The van der Waals surface area contributed by atoms with E-state index in [1.807, 2.05) is 0 Å². The molecule has 14 heavy (non-hydrogen) atoms. The van der Waals surface area contributed by atoms with Gasteiger partial charge in [-0.15, -0.1) is 0 Å². The third-order valence-corrected chi connectivity index (χ3v) is 1.90. The van der Waals surface area contributed by atoms with Crippen LogP contribution in [0.5, 0.6) is 0 Å². The van der Waals surface area contributed by atoms with Gasteiger partial charge in [0.2, 0.25) is 0 Å². The summed E-state index contributed by atoms with van der Waals surface area (Å²) in [4.78, 5) is 3.72. The molecule has 1 heterocycles. The van der Waals surface area contributed by atoms with Crippen LogP contribution in [0.4, 0.5) is 11.6 Å². The van der Waals surface area contributed by atoms with E-state index in [0.717, 1.165) is 0 Å². The van der Waals surface area contributed by atoms with Crippen LogP contribution in [-0.2, 0) is 22.5 Å². The molecular weight excluding hydrogens is 230 g/mol. The summed E-state index contributed by atoms with van der Waals surface area (Å²) in [6.07, 6.45) is 0. The molecule has 0 spiro atoms. The molecule has 0 aliphatic rings. The fourth-order valence-corrected chi connectivity index (χ4v) is 1.31. The molecule has 4 N–H and O–H groups in total. The van der Waals surface area contributed by atoms with Gasteiger partial charge in [-0.25, -0.2) is 13.4 Å². The summed E-state index contributed by atoms with van der Waals surface area (Å²) in [5.41, 5.74) is 0. The molecule has 2 unspecified atom stereocenters. The summed E-state index contributed by atoms with van der Waals surface area (Å²) in [7, 11) is 0. The quantitative estimate of drug-likeness (QED) is 0.558. The van der Waals surface area contributed by atoms with Crippen molar-refractivity contribution in [2.24, 2.45) is 0 Å². The maximum absolute atomic E-state index is 10.3. The summed E-state index contributed by atoms with van der Waals surface area (Å²) >= 11 is -4.43. The van der Waals surface area contributed by atoms with E-state index in [1.165, 1.54) is 18.2 Å². The first-order valence-electron chi connectivity index (χ1n) is 3.30. The van der Waals surface area contributed by atoms with Crippen LogP contribution in [0.3, 0.4) is 0 Å². The van der Waals surface area contributed by atoms with Crippen molar-refractivity contribution in [3.8, 4) is 0 Å². The Kier molecular flexibility index (Phi) is 3.95. The Bertz CT molecular complexity index is 340. The van der Waals surface area contributed by atoms with Crippen molar-refractivity contribution in [3.05, 3.63) is 18.2 Å². The molecule has 0 fully saturated rings. The van der Waals surface area contributed by atoms with Crippen LogP contribution in [0.15, 0.2) is 18.2 Å². The SMILES string of the molecule is O=S(O)Nc1cccc(NS(=O)O)n1. The van der Waals surface area contributed by atoms with Crippen molar-refractivity contribution in [3.63, 3.8) is 0 Å². The summed E-state index contributed by atoms with van der Waals surface area (Å²) in [6, 6.07) is 4.40. The Hall–Kier alpha value is -1.03. The first kappa shape index (κ1) is 11.0. The van der Waals surface area contributed by atoms with Crippen molar-refractivity contribution in [1.82, 2.24) is 4.98 Å². The number of aromatic nitrogens is 1. The van der Waals surface area contributed by atoms with Gasteiger partial charge in [-0.3, -0.25) is 18.5 Å². The normalized spacial score (nSPS) is 14.4. The number of anilines is 2. The van der Waals surface area contributed by atoms with Gasteiger partial charge in [-0.1, -0.05) is 6.07 Å². The largest absolute Gasteiger partial charge is 0.289 e. The first-order chi connectivity index (χ1) is 6.58. The molecule has 1 aromatic rings. The molecule has 0 aromatic carbocycles. The molecule has 0 amide bonds. The Morgan fingerprint density at radius 3 is 1.86 bits per heavy atom. The van der Waals surface area contributed by atoms with Gasteiger partial charge in [-0.05, 0) is 12.1 Å². The van der Waals surface area contributed by atoms with E-state index in [9.17, 15) is 8.42 Å². The Labute approximate surface area is 84.8 Å². The van der Waals surface area contributed by atoms with Gasteiger partial charge in [0.25, 0.3) is 22.5 Å². The number of rotatable bonds is 4. The highest BCUT2D eigenvalue weighted by Gasteiger charge is 2.00. The summed E-state index contributed by atoms with van der Waals surface area (Å²) in [5.74, 6) is 0.252. The molecule has 0 aliphatic heterocycles. The van der Waals surface area contributed by atoms with Crippen LogP contribution in [0.2, 0.25) is 0 Å². The van der Waals surface area contributed by atoms with Gasteiger partial charge in [0, 0.05) is 0 Å². The van der Waals surface area contributed by atoms with E-state index in [1.54, 1.807) is 0 Å². The van der Waals surface area contributed by atoms with Crippen molar-refractivity contribution in [1.29, 1.82) is 0 Å². The van der Waals surface area contributed by atoms with Crippen molar-refractivity contribution in [2.75, 3.05) is 9.44 Å². The van der Waals surface area contributed by atoms with Gasteiger partial charge in [-0.2, -0.15) is 0 Å². The lowest BCUT2D eigenvalue weighted by Crippen LogP contribution is -2.07.